The third-order valence-electron chi connectivity index (χ3n) is 3.71. The average Bonchev–Trinajstić information content (AvgIpc) is 3.16. The van der Waals surface area contributed by atoms with Gasteiger partial charge < -0.3 is 10.4 Å². The number of aromatic hydroxyl groups is 1. The molecule has 0 spiro atoms. The molecule has 2 N–H and O–H groups in total. The molecule has 0 saturated carbocycles. The van der Waals surface area contributed by atoms with Gasteiger partial charge in [-0.25, -0.2) is 0 Å². The average molecular weight is 338 g/mol. The molecule has 0 unspecified atom stereocenters. The summed E-state index contributed by atoms with van der Waals surface area (Å²) in [6.07, 6.45) is 3.46. The highest BCUT2D eigenvalue weighted by molar-refractivity contribution is 7.20. The fraction of sp³-hybridized carbons (Fsp3) is 0.125. The number of hydrogen-bond donors (Lipinski definition) is 2. The Balaban J connectivity index is 1.66. The van der Waals surface area contributed by atoms with Crippen molar-refractivity contribution in [3.05, 3.63) is 60.2 Å². The van der Waals surface area contributed by atoms with Crippen molar-refractivity contribution in [1.82, 2.24) is 24.8 Å². The van der Waals surface area contributed by atoms with Crippen LogP contribution in [-0.2, 0) is 0 Å². The molecule has 0 radical (unpaired) electrons. The highest BCUT2D eigenvalue weighted by Crippen LogP contribution is 2.28. The van der Waals surface area contributed by atoms with Crippen LogP contribution in [0.5, 0.6) is 5.75 Å². The number of anilines is 2. The highest BCUT2D eigenvalue weighted by Gasteiger charge is 2.19. The van der Waals surface area contributed by atoms with E-state index < -0.39 is 0 Å². The Kier molecular flexibility index (Phi) is 3.58. The standard InChI is InChI=1S/C16H14N6OS/c1-10(11-4-6-13(23)7-5-11)14-19-20-16-22(14)21-15(24-16)18-12-3-2-8-17-9-12/h2-10,23H,1H3,(H,18,21)/t10-/m0/s1. The Morgan fingerprint density at radius 1 is 1.17 bits per heavy atom. The van der Waals surface area contributed by atoms with Crippen LogP contribution >= 0.6 is 11.3 Å². The number of benzene rings is 1. The van der Waals surface area contributed by atoms with Gasteiger partial charge in [-0.05, 0) is 29.8 Å². The van der Waals surface area contributed by atoms with Gasteiger partial charge >= 0.3 is 0 Å². The van der Waals surface area contributed by atoms with E-state index in [9.17, 15) is 5.11 Å². The molecule has 8 heteroatoms. The molecule has 0 aliphatic carbocycles. The van der Waals surface area contributed by atoms with E-state index in [0.717, 1.165) is 27.2 Å². The van der Waals surface area contributed by atoms with Crippen LogP contribution in [0.2, 0.25) is 0 Å². The first-order valence-corrected chi connectivity index (χ1v) is 8.20. The van der Waals surface area contributed by atoms with Crippen molar-refractivity contribution < 1.29 is 5.11 Å². The van der Waals surface area contributed by atoms with Crippen molar-refractivity contribution in [2.45, 2.75) is 12.8 Å². The Morgan fingerprint density at radius 3 is 2.75 bits per heavy atom. The number of fused-ring (bicyclic) bond motifs is 1. The molecule has 120 valence electrons. The molecule has 1 aromatic carbocycles. The molecule has 4 aromatic rings. The number of hydrogen-bond acceptors (Lipinski definition) is 7. The second kappa shape index (κ2) is 5.89. The van der Waals surface area contributed by atoms with Crippen molar-refractivity contribution in [2.75, 3.05) is 5.32 Å². The van der Waals surface area contributed by atoms with Gasteiger partial charge in [0.2, 0.25) is 10.1 Å². The van der Waals surface area contributed by atoms with Crippen molar-refractivity contribution in [3.8, 4) is 5.75 Å². The molecule has 0 aliphatic heterocycles. The molecule has 0 aliphatic rings. The van der Waals surface area contributed by atoms with E-state index >= 15 is 0 Å². The number of nitrogens with one attached hydrogen (secondary N) is 1. The van der Waals surface area contributed by atoms with Crippen molar-refractivity contribution >= 4 is 27.1 Å². The van der Waals surface area contributed by atoms with E-state index in [0.29, 0.717) is 0 Å². The first kappa shape index (κ1) is 14.6. The summed E-state index contributed by atoms with van der Waals surface area (Å²) in [6.45, 7) is 2.04. The van der Waals surface area contributed by atoms with Crippen LogP contribution in [0.25, 0.3) is 4.96 Å². The number of phenols is 1. The van der Waals surface area contributed by atoms with E-state index in [1.807, 2.05) is 31.2 Å². The molecular weight excluding hydrogens is 324 g/mol. The lowest BCUT2D eigenvalue weighted by molar-refractivity contribution is 0.475. The van der Waals surface area contributed by atoms with Crippen LogP contribution in [0.3, 0.4) is 0 Å². The maximum atomic E-state index is 9.43. The zero-order valence-corrected chi connectivity index (χ0v) is 13.6. The summed E-state index contributed by atoms with van der Waals surface area (Å²) in [4.78, 5) is 4.80. The fourth-order valence-electron chi connectivity index (χ4n) is 2.42. The first-order chi connectivity index (χ1) is 11.7. The summed E-state index contributed by atoms with van der Waals surface area (Å²) in [7, 11) is 0. The van der Waals surface area contributed by atoms with Gasteiger partial charge in [-0.3, -0.25) is 4.98 Å². The van der Waals surface area contributed by atoms with Gasteiger partial charge in [-0.1, -0.05) is 30.4 Å². The van der Waals surface area contributed by atoms with Gasteiger partial charge in [0, 0.05) is 12.1 Å². The van der Waals surface area contributed by atoms with Crippen LogP contribution in [0.4, 0.5) is 10.8 Å². The molecule has 0 saturated heterocycles. The Hall–Kier alpha value is -3.00. The monoisotopic (exact) mass is 338 g/mol. The van der Waals surface area contributed by atoms with Gasteiger partial charge in [-0.2, -0.15) is 4.52 Å². The minimum absolute atomic E-state index is 0.00828. The number of pyridine rings is 1. The predicted octanol–water partition coefficient (Wildman–Crippen LogP) is 3.18. The van der Waals surface area contributed by atoms with Crippen LogP contribution in [-0.4, -0.2) is 29.9 Å². The zero-order valence-electron chi connectivity index (χ0n) is 12.8. The van der Waals surface area contributed by atoms with Crippen LogP contribution in [0.15, 0.2) is 48.8 Å². The third kappa shape index (κ3) is 2.67. The van der Waals surface area contributed by atoms with Crippen LogP contribution in [0.1, 0.15) is 24.2 Å². The number of nitrogens with zero attached hydrogens (tertiary/aromatic N) is 5. The lowest BCUT2D eigenvalue weighted by atomic mass is 10.0. The number of rotatable bonds is 4. The van der Waals surface area contributed by atoms with Gasteiger partial charge in [0.25, 0.3) is 0 Å². The van der Waals surface area contributed by atoms with E-state index in [4.69, 9.17) is 0 Å². The molecule has 0 bridgehead atoms. The molecule has 1 atom stereocenters. The summed E-state index contributed by atoms with van der Waals surface area (Å²) >= 11 is 1.43. The smallest absolute Gasteiger partial charge is 0.236 e. The maximum Gasteiger partial charge on any atom is 0.236 e. The molecular formula is C16H14N6OS. The molecule has 0 fully saturated rings. The Bertz CT molecular complexity index is 963. The molecule has 7 nitrogen and oxygen atoms in total. The summed E-state index contributed by atoms with van der Waals surface area (Å²) in [5.74, 6) is 1.01. The van der Waals surface area contributed by atoms with Gasteiger partial charge in [0.1, 0.15) is 5.75 Å². The fourth-order valence-corrected chi connectivity index (χ4v) is 3.19. The van der Waals surface area contributed by atoms with E-state index in [-0.39, 0.29) is 11.7 Å². The third-order valence-corrected chi connectivity index (χ3v) is 4.52. The summed E-state index contributed by atoms with van der Waals surface area (Å²) < 4.78 is 1.75. The summed E-state index contributed by atoms with van der Waals surface area (Å²) in [5, 5.41) is 26.4. The lowest BCUT2D eigenvalue weighted by Crippen LogP contribution is -2.03. The predicted molar refractivity (Wildman–Crippen MR) is 91.8 cm³/mol. The quantitative estimate of drug-likeness (QED) is 0.594. The van der Waals surface area contributed by atoms with E-state index in [1.165, 1.54) is 11.3 Å². The van der Waals surface area contributed by atoms with Crippen LogP contribution < -0.4 is 5.32 Å². The van der Waals surface area contributed by atoms with Crippen molar-refractivity contribution in [1.29, 1.82) is 0 Å². The molecule has 0 amide bonds. The molecule has 3 aromatic heterocycles. The Labute approximate surface area is 141 Å². The summed E-state index contributed by atoms with van der Waals surface area (Å²) in [6, 6.07) is 10.9. The van der Waals surface area contributed by atoms with Crippen molar-refractivity contribution in [3.63, 3.8) is 0 Å². The minimum Gasteiger partial charge on any atom is -0.508 e. The first-order valence-electron chi connectivity index (χ1n) is 7.39. The summed E-state index contributed by atoms with van der Waals surface area (Å²) in [5.41, 5.74) is 1.91. The highest BCUT2D eigenvalue weighted by atomic mass is 32.1. The minimum atomic E-state index is 0.00828. The second-order valence-corrected chi connectivity index (χ2v) is 6.30. The number of phenolic OH excluding ortho intramolecular Hbond substituents is 1. The van der Waals surface area contributed by atoms with Crippen LogP contribution in [0, 0.1) is 0 Å². The van der Waals surface area contributed by atoms with Gasteiger partial charge in [0.05, 0.1) is 11.9 Å². The van der Waals surface area contributed by atoms with E-state index in [1.54, 1.807) is 29.0 Å². The normalized spacial score (nSPS) is 12.4. The lowest BCUT2D eigenvalue weighted by Gasteiger charge is -2.08. The zero-order chi connectivity index (χ0) is 16.5. The largest absolute Gasteiger partial charge is 0.508 e. The topological polar surface area (TPSA) is 88.2 Å². The Morgan fingerprint density at radius 2 is 2.00 bits per heavy atom. The van der Waals surface area contributed by atoms with Gasteiger partial charge in [-0.15, -0.1) is 15.3 Å². The van der Waals surface area contributed by atoms with E-state index in [2.05, 4.69) is 25.6 Å². The number of aromatic nitrogens is 5. The molecule has 3 heterocycles. The maximum absolute atomic E-state index is 9.43. The molecule has 4 rings (SSSR count). The van der Waals surface area contributed by atoms with Gasteiger partial charge in [0.15, 0.2) is 5.82 Å². The van der Waals surface area contributed by atoms with Crippen molar-refractivity contribution in [2.24, 2.45) is 0 Å². The SMILES string of the molecule is C[C@@H](c1ccc(O)cc1)c1nnc2sc(Nc3cccnc3)nn12. The second-order valence-electron chi connectivity index (χ2n) is 5.34. The molecule has 24 heavy (non-hydrogen) atoms.